The summed E-state index contributed by atoms with van der Waals surface area (Å²) in [5.74, 6) is 4.49. The Morgan fingerprint density at radius 3 is 1.59 bits per heavy atom. The first kappa shape index (κ1) is 23.2. The van der Waals surface area contributed by atoms with Gasteiger partial charge in [-0.15, -0.1) is 11.3 Å². The molecule has 6 heteroatoms. The lowest BCUT2D eigenvalue weighted by Gasteiger charge is -2.23. The van der Waals surface area contributed by atoms with Gasteiger partial charge >= 0.3 is 0 Å². The molecule has 0 unspecified atom stereocenters. The average molecular weight is 519 g/mol. The van der Waals surface area contributed by atoms with Crippen LogP contribution in [-0.2, 0) is 9.30 Å². The number of aromatic nitrogens is 1. The number of hydrogen-bond acceptors (Lipinski definition) is 4. The largest absolute Gasteiger partial charge is 0.456 e. The van der Waals surface area contributed by atoms with E-state index in [4.69, 9.17) is 9.72 Å². The number of ether oxygens (including phenoxy) is 1. The molecule has 5 aromatic rings. The van der Waals surface area contributed by atoms with Crippen molar-refractivity contribution in [2.45, 2.75) is 0 Å². The third-order valence-corrected chi connectivity index (χ3v) is 8.72. The molecule has 2 heterocycles. The van der Waals surface area contributed by atoms with Gasteiger partial charge in [-0.3, -0.25) is 4.57 Å². The molecule has 1 aliphatic heterocycles. The van der Waals surface area contributed by atoms with Gasteiger partial charge in [-0.2, -0.15) is 0 Å². The molecule has 4 aromatic carbocycles. The van der Waals surface area contributed by atoms with Gasteiger partial charge in [0.05, 0.1) is 5.69 Å². The summed E-state index contributed by atoms with van der Waals surface area (Å²) in [4.78, 5) is 4.75. The highest BCUT2D eigenvalue weighted by Crippen LogP contribution is 2.56. The van der Waals surface area contributed by atoms with Crippen molar-refractivity contribution in [2.24, 2.45) is 0 Å². The lowest BCUT2D eigenvalue weighted by atomic mass is 10.0. The molecule has 1 aromatic heterocycles. The van der Waals surface area contributed by atoms with Gasteiger partial charge in [0.2, 0.25) is 7.29 Å². The van der Waals surface area contributed by atoms with Crippen LogP contribution < -0.4 is 5.09 Å². The van der Waals surface area contributed by atoms with E-state index in [1.54, 1.807) is 11.6 Å². The van der Waals surface area contributed by atoms with E-state index in [9.17, 15) is 4.57 Å². The van der Waals surface area contributed by atoms with E-state index in [2.05, 4.69) is 41.5 Å². The molecule has 0 saturated carbocycles. The molecule has 1 aliphatic rings. The monoisotopic (exact) mass is 518 g/mol. The molecule has 180 valence electrons. The van der Waals surface area contributed by atoms with Crippen molar-refractivity contribution in [3.63, 3.8) is 0 Å². The van der Waals surface area contributed by atoms with Gasteiger partial charge in [0.25, 0.3) is 0 Å². The van der Waals surface area contributed by atoms with E-state index < -0.39 is 7.29 Å². The van der Waals surface area contributed by atoms with Gasteiger partial charge in [0, 0.05) is 33.7 Å². The van der Waals surface area contributed by atoms with E-state index in [0.29, 0.717) is 16.6 Å². The molecule has 0 fully saturated rings. The fourth-order valence-electron chi connectivity index (χ4n) is 4.16. The average Bonchev–Trinajstić information content (AvgIpc) is 3.42. The highest BCUT2D eigenvalue weighted by molar-refractivity contribution is 7.72. The van der Waals surface area contributed by atoms with Crippen molar-refractivity contribution in [3.8, 4) is 22.4 Å². The SMILES string of the molecule is O=P1(Nc2nc(-c3ccc(-c4ccccc4)cc3)cs2)C=C(c2ccccc2)OC(c2ccccc2)=C1. The fourth-order valence-corrected chi connectivity index (χ4v) is 7.02. The molecule has 0 bridgehead atoms. The Labute approximate surface area is 220 Å². The second-order valence-corrected chi connectivity index (χ2v) is 11.6. The smallest absolute Gasteiger partial charge is 0.222 e. The number of hydrogen-bond donors (Lipinski definition) is 1. The maximum Gasteiger partial charge on any atom is 0.222 e. The summed E-state index contributed by atoms with van der Waals surface area (Å²) < 4.78 is 20.3. The molecule has 0 aliphatic carbocycles. The first-order valence-electron chi connectivity index (χ1n) is 11.9. The van der Waals surface area contributed by atoms with Crippen LogP contribution in [0.25, 0.3) is 33.9 Å². The Hall–Kier alpha value is -4.18. The minimum Gasteiger partial charge on any atom is -0.456 e. The minimum absolute atomic E-state index is 0.561. The molecule has 0 radical (unpaired) electrons. The quantitative estimate of drug-likeness (QED) is 0.228. The van der Waals surface area contributed by atoms with Crippen molar-refractivity contribution in [1.29, 1.82) is 0 Å². The zero-order valence-corrected chi connectivity index (χ0v) is 21.5. The topological polar surface area (TPSA) is 51.2 Å². The maximum atomic E-state index is 14.1. The summed E-state index contributed by atoms with van der Waals surface area (Å²) in [6, 6.07) is 38.1. The normalized spacial score (nSPS) is 14.3. The van der Waals surface area contributed by atoms with Gasteiger partial charge in [-0.05, 0) is 11.1 Å². The summed E-state index contributed by atoms with van der Waals surface area (Å²) >= 11 is 1.44. The van der Waals surface area contributed by atoms with Crippen LogP contribution in [0.3, 0.4) is 0 Å². The van der Waals surface area contributed by atoms with Crippen LogP contribution in [0.15, 0.2) is 132 Å². The summed E-state index contributed by atoms with van der Waals surface area (Å²) in [6.07, 6.45) is 0. The molecule has 0 amide bonds. The van der Waals surface area contributed by atoms with E-state index >= 15 is 0 Å². The van der Waals surface area contributed by atoms with Crippen molar-refractivity contribution in [3.05, 3.63) is 143 Å². The predicted molar refractivity (Wildman–Crippen MR) is 154 cm³/mol. The van der Waals surface area contributed by atoms with E-state index in [0.717, 1.165) is 27.9 Å². The van der Waals surface area contributed by atoms with E-state index in [1.165, 1.54) is 16.9 Å². The van der Waals surface area contributed by atoms with Crippen LogP contribution in [-0.4, -0.2) is 4.98 Å². The third kappa shape index (κ3) is 5.19. The molecule has 0 spiro atoms. The number of benzene rings is 4. The van der Waals surface area contributed by atoms with Gasteiger partial charge in [0.1, 0.15) is 11.5 Å². The molecule has 0 saturated heterocycles. The highest BCUT2D eigenvalue weighted by atomic mass is 32.1. The van der Waals surface area contributed by atoms with Crippen LogP contribution in [0.2, 0.25) is 0 Å². The fraction of sp³-hybridized carbons (Fsp3) is 0. The molecule has 37 heavy (non-hydrogen) atoms. The maximum absolute atomic E-state index is 14.1. The molecule has 1 N–H and O–H groups in total. The zero-order valence-electron chi connectivity index (χ0n) is 19.8. The minimum atomic E-state index is -3.16. The number of anilines is 1. The van der Waals surface area contributed by atoms with Gasteiger partial charge < -0.3 is 9.82 Å². The van der Waals surface area contributed by atoms with Crippen molar-refractivity contribution in [1.82, 2.24) is 4.98 Å². The second-order valence-electron chi connectivity index (χ2n) is 8.62. The van der Waals surface area contributed by atoms with Gasteiger partial charge in [-0.25, -0.2) is 4.98 Å². The van der Waals surface area contributed by atoms with Crippen LogP contribution in [0.1, 0.15) is 11.1 Å². The van der Waals surface area contributed by atoms with E-state index in [-0.39, 0.29) is 0 Å². The first-order valence-corrected chi connectivity index (χ1v) is 14.6. The Balaban J connectivity index is 1.29. The predicted octanol–water partition coefficient (Wildman–Crippen LogP) is 9.19. The second kappa shape index (κ2) is 10.1. The Morgan fingerprint density at radius 1 is 0.595 bits per heavy atom. The Morgan fingerprint density at radius 2 is 1.05 bits per heavy atom. The van der Waals surface area contributed by atoms with Crippen molar-refractivity contribution >= 4 is 35.3 Å². The number of thiazole rings is 1. The zero-order chi connectivity index (χ0) is 25.1. The molecule has 0 atom stereocenters. The van der Waals surface area contributed by atoms with Crippen molar-refractivity contribution in [2.75, 3.05) is 5.09 Å². The van der Waals surface area contributed by atoms with Gasteiger partial charge in [-0.1, -0.05) is 115 Å². The number of rotatable bonds is 6. The lowest BCUT2D eigenvalue weighted by molar-refractivity contribution is 0.469. The lowest BCUT2D eigenvalue weighted by Crippen LogP contribution is -2.03. The standard InChI is InChI=1S/C31H23N2O2PS/c34-36(20-29(26-12-6-2-7-13-26)35-30(21-36)27-14-8-3-9-15-27)33-31-32-28(22-37-31)25-18-16-24(17-19-25)23-10-4-1-5-11-23/h1-22H,(H,32,33,34). The van der Waals surface area contributed by atoms with Crippen LogP contribution in [0.4, 0.5) is 5.13 Å². The van der Waals surface area contributed by atoms with Crippen LogP contribution in [0.5, 0.6) is 0 Å². The highest BCUT2D eigenvalue weighted by Gasteiger charge is 2.28. The van der Waals surface area contributed by atoms with Crippen molar-refractivity contribution < 1.29 is 9.30 Å². The molecule has 4 nitrogen and oxygen atoms in total. The van der Waals surface area contributed by atoms with Crippen LogP contribution >= 0.6 is 18.6 Å². The number of nitrogens with one attached hydrogen (secondary N) is 1. The molecule has 6 rings (SSSR count). The van der Waals surface area contributed by atoms with Crippen LogP contribution in [0, 0.1) is 0 Å². The number of nitrogens with zero attached hydrogens (tertiary/aromatic N) is 1. The summed E-state index contributed by atoms with van der Waals surface area (Å²) in [7, 11) is -3.16. The van der Waals surface area contributed by atoms with E-state index in [1.807, 2.05) is 84.2 Å². The molecular formula is C31H23N2O2PS. The third-order valence-electron chi connectivity index (χ3n) is 6.02. The summed E-state index contributed by atoms with van der Waals surface area (Å²) in [5.41, 5.74) is 5.91. The first-order chi connectivity index (χ1) is 18.2. The Kier molecular flexibility index (Phi) is 6.32. The summed E-state index contributed by atoms with van der Waals surface area (Å²) in [5, 5.41) is 5.79. The molecular weight excluding hydrogens is 495 g/mol. The summed E-state index contributed by atoms with van der Waals surface area (Å²) in [6.45, 7) is 0. The Bertz CT molecular complexity index is 1570. The van der Waals surface area contributed by atoms with Gasteiger partial charge in [0.15, 0.2) is 5.13 Å².